The molecule has 0 unspecified atom stereocenters. The first-order chi connectivity index (χ1) is 11.5. The van der Waals surface area contributed by atoms with Gasteiger partial charge < -0.3 is 5.11 Å². The molecule has 10 heteroatoms. The lowest BCUT2D eigenvalue weighted by molar-refractivity contribution is -0.137. The highest BCUT2D eigenvalue weighted by Gasteiger charge is 2.29. The fourth-order valence-electron chi connectivity index (χ4n) is 2.07. The molecular formula is C15H24N2O6S2. The summed E-state index contributed by atoms with van der Waals surface area (Å²) in [6.45, 7) is 4.39. The van der Waals surface area contributed by atoms with Gasteiger partial charge in [0.05, 0.1) is 10.6 Å². The third-order valence-electron chi connectivity index (χ3n) is 3.37. The van der Waals surface area contributed by atoms with E-state index >= 15 is 0 Å². The number of sulfonamides is 2. The number of carboxylic acids is 1. The SMILES string of the molecule is CCCCS(=O)(=O)Nc1ccc(S(=O)(=O)N(CC(=O)O)C(C)C)cc1. The second kappa shape index (κ2) is 8.63. The first kappa shape index (κ1) is 21.4. The van der Waals surface area contributed by atoms with Crippen LogP contribution in [0.2, 0.25) is 0 Å². The van der Waals surface area contributed by atoms with E-state index < -0.39 is 38.6 Å². The number of hydrogen-bond donors (Lipinski definition) is 2. The molecule has 0 amide bonds. The summed E-state index contributed by atoms with van der Waals surface area (Å²) in [6, 6.07) is 4.66. The Bertz CT molecular complexity index is 786. The summed E-state index contributed by atoms with van der Waals surface area (Å²) in [7, 11) is -7.47. The molecule has 0 saturated carbocycles. The number of benzene rings is 1. The van der Waals surface area contributed by atoms with E-state index in [1.54, 1.807) is 13.8 Å². The molecule has 1 aromatic rings. The zero-order valence-corrected chi connectivity index (χ0v) is 16.1. The van der Waals surface area contributed by atoms with Crippen molar-refractivity contribution in [1.82, 2.24) is 4.31 Å². The van der Waals surface area contributed by atoms with Gasteiger partial charge in [-0.1, -0.05) is 13.3 Å². The van der Waals surface area contributed by atoms with Gasteiger partial charge in [0, 0.05) is 11.7 Å². The van der Waals surface area contributed by atoms with Gasteiger partial charge in [-0.25, -0.2) is 16.8 Å². The summed E-state index contributed by atoms with van der Waals surface area (Å²) in [6.07, 6.45) is 1.27. The van der Waals surface area contributed by atoms with Crippen molar-refractivity contribution in [2.45, 2.75) is 44.6 Å². The minimum atomic E-state index is -3.99. The summed E-state index contributed by atoms with van der Waals surface area (Å²) in [5, 5.41) is 8.90. The number of rotatable bonds is 10. The Morgan fingerprint density at radius 3 is 2.16 bits per heavy atom. The smallest absolute Gasteiger partial charge is 0.318 e. The molecule has 0 aliphatic rings. The minimum absolute atomic E-state index is 0.0106. The zero-order valence-electron chi connectivity index (χ0n) is 14.5. The molecule has 0 radical (unpaired) electrons. The van der Waals surface area contributed by atoms with Gasteiger partial charge >= 0.3 is 5.97 Å². The molecule has 1 rings (SSSR count). The van der Waals surface area contributed by atoms with E-state index in [4.69, 9.17) is 5.11 Å². The predicted molar refractivity (Wildman–Crippen MR) is 95.4 cm³/mol. The third-order valence-corrected chi connectivity index (χ3v) is 6.78. The molecule has 0 spiro atoms. The lowest BCUT2D eigenvalue weighted by Crippen LogP contribution is -2.40. The van der Waals surface area contributed by atoms with E-state index in [-0.39, 0.29) is 16.3 Å². The maximum absolute atomic E-state index is 12.6. The van der Waals surface area contributed by atoms with E-state index in [0.29, 0.717) is 6.42 Å². The first-order valence-corrected chi connectivity index (χ1v) is 10.9. The predicted octanol–water partition coefficient (Wildman–Crippen LogP) is 1.71. The summed E-state index contributed by atoms with van der Waals surface area (Å²) in [5.74, 6) is -1.26. The van der Waals surface area contributed by atoms with E-state index in [1.165, 1.54) is 24.3 Å². The van der Waals surface area contributed by atoms with Crippen molar-refractivity contribution in [3.05, 3.63) is 24.3 Å². The topological polar surface area (TPSA) is 121 Å². The van der Waals surface area contributed by atoms with Gasteiger partial charge in [0.25, 0.3) is 0 Å². The Hall–Kier alpha value is -1.65. The number of nitrogens with one attached hydrogen (secondary N) is 1. The van der Waals surface area contributed by atoms with Crippen LogP contribution in [-0.2, 0) is 24.8 Å². The van der Waals surface area contributed by atoms with Crippen LogP contribution in [0.15, 0.2) is 29.2 Å². The van der Waals surface area contributed by atoms with Gasteiger partial charge in [0.1, 0.15) is 6.54 Å². The largest absolute Gasteiger partial charge is 0.480 e. The molecule has 0 heterocycles. The molecule has 25 heavy (non-hydrogen) atoms. The zero-order chi connectivity index (χ0) is 19.3. The van der Waals surface area contributed by atoms with Crippen LogP contribution in [0, 0.1) is 0 Å². The van der Waals surface area contributed by atoms with E-state index in [1.807, 2.05) is 6.92 Å². The number of aliphatic carboxylic acids is 1. The second-order valence-electron chi connectivity index (χ2n) is 5.84. The molecule has 0 saturated heterocycles. The first-order valence-electron chi connectivity index (χ1n) is 7.84. The van der Waals surface area contributed by atoms with Crippen LogP contribution in [0.4, 0.5) is 5.69 Å². The minimum Gasteiger partial charge on any atom is -0.480 e. The van der Waals surface area contributed by atoms with Crippen molar-refractivity contribution in [2.75, 3.05) is 17.0 Å². The average molecular weight is 392 g/mol. The van der Waals surface area contributed by atoms with Crippen molar-refractivity contribution < 1.29 is 26.7 Å². The fraction of sp³-hybridized carbons (Fsp3) is 0.533. The summed E-state index contributed by atoms with van der Waals surface area (Å²) in [5.41, 5.74) is 0.254. The lowest BCUT2D eigenvalue weighted by atomic mass is 10.3. The van der Waals surface area contributed by atoms with Gasteiger partial charge in [0.15, 0.2) is 0 Å². The second-order valence-corrected chi connectivity index (χ2v) is 9.57. The van der Waals surface area contributed by atoms with Crippen LogP contribution < -0.4 is 4.72 Å². The Kier molecular flexibility index (Phi) is 7.39. The number of carboxylic acid groups (broad SMARTS) is 1. The maximum atomic E-state index is 12.6. The number of anilines is 1. The molecule has 0 aliphatic carbocycles. The third kappa shape index (κ3) is 6.29. The monoisotopic (exact) mass is 392 g/mol. The fourth-order valence-corrected chi connectivity index (χ4v) is 4.93. The Labute approximate surface area is 149 Å². The number of hydrogen-bond acceptors (Lipinski definition) is 5. The van der Waals surface area contributed by atoms with Crippen LogP contribution in [-0.4, -0.2) is 50.6 Å². The van der Waals surface area contributed by atoms with Crippen molar-refractivity contribution in [1.29, 1.82) is 0 Å². The molecule has 8 nitrogen and oxygen atoms in total. The van der Waals surface area contributed by atoms with Gasteiger partial charge in [-0.2, -0.15) is 4.31 Å². The Morgan fingerprint density at radius 2 is 1.72 bits per heavy atom. The van der Waals surface area contributed by atoms with Crippen LogP contribution in [0.5, 0.6) is 0 Å². The highest BCUT2D eigenvalue weighted by molar-refractivity contribution is 7.92. The molecule has 0 aliphatic heterocycles. The van der Waals surface area contributed by atoms with Crippen LogP contribution in [0.3, 0.4) is 0 Å². The van der Waals surface area contributed by atoms with Gasteiger partial charge in [0.2, 0.25) is 20.0 Å². The van der Waals surface area contributed by atoms with Crippen LogP contribution >= 0.6 is 0 Å². The Morgan fingerprint density at radius 1 is 1.16 bits per heavy atom. The van der Waals surface area contributed by atoms with Gasteiger partial charge in [-0.05, 0) is 44.5 Å². The van der Waals surface area contributed by atoms with E-state index in [9.17, 15) is 21.6 Å². The summed E-state index contributed by atoms with van der Waals surface area (Å²) in [4.78, 5) is 10.8. The van der Waals surface area contributed by atoms with E-state index in [0.717, 1.165) is 10.7 Å². The van der Waals surface area contributed by atoms with Crippen LogP contribution in [0.1, 0.15) is 33.6 Å². The van der Waals surface area contributed by atoms with E-state index in [2.05, 4.69) is 4.72 Å². The number of nitrogens with zero attached hydrogens (tertiary/aromatic N) is 1. The molecular weight excluding hydrogens is 368 g/mol. The van der Waals surface area contributed by atoms with Crippen molar-refractivity contribution in [3.8, 4) is 0 Å². The van der Waals surface area contributed by atoms with Crippen molar-refractivity contribution >= 4 is 31.7 Å². The van der Waals surface area contributed by atoms with Gasteiger partial charge in [-0.3, -0.25) is 9.52 Å². The van der Waals surface area contributed by atoms with Crippen molar-refractivity contribution in [2.24, 2.45) is 0 Å². The molecule has 1 aromatic carbocycles. The normalized spacial score (nSPS) is 12.5. The maximum Gasteiger partial charge on any atom is 0.318 e. The summed E-state index contributed by atoms with van der Waals surface area (Å²) >= 11 is 0. The standard InChI is InChI=1S/C15H24N2O6S2/c1-4-5-10-24(20,21)16-13-6-8-14(9-7-13)25(22,23)17(12(2)3)11-15(18)19/h6-9,12,16H,4-5,10-11H2,1-3H3,(H,18,19). The van der Waals surface area contributed by atoms with Crippen LogP contribution in [0.25, 0.3) is 0 Å². The highest BCUT2D eigenvalue weighted by Crippen LogP contribution is 2.21. The molecule has 0 atom stereocenters. The van der Waals surface area contributed by atoms with Gasteiger partial charge in [-0.15, -0.1) is 0 Å². The lowest BCUT2D eigenvalue weighted by Gasteiger charge is -2.24. The summed E-state index contributed by atoms with van der Waals surface area (Å²) < 4.78 is 52.1. The molecule has 0 aromatic heterocycles. The quantitative estimate of drug-likeness (QED) is 0.625. The van der Waals surface area contributed by atoms with Crippen molar-refractivity contribution in [3.63, 3.8) is 0 Å². The molecule has 142 valence electrons. The molecule has 0 fully saturated rings. The molecule has 0 bridgehead atoms. The molecule has 2 N–H and O–H groups in total. The Balaban J connectivity index is 3.02. The average Bonchev–Trinajstić information content (AvgIpc) is 2.50. The highest BCUT2D eigenvalue weighted by atomic mass is 32.2. The number of unbranched alkanes of at least 4 members (excludes halogenated alkanes) is 1. The number of carbonyl (C=O) groups is 1.